The smallest absolute Gasteiger partial charge is 0.338 e. The number of ether oxygens (including phenoxy) is 1. The monoisotopic (exact) mass is 533 g/mol. The normalized spacial score (nSPS) is 13.9. The highest BCUT2D eigenvalue weighted by Crippen LogP contribution is 2.31. The largest absolute Gasteiger partial charge is 0.462 e. The van der Waals surface area contributed by atoms with Crippen LogP contribution in [0.1, 0.15) is 33.2 Å². The number of carbonyl (C=O) groups is 2. The number of rotatable bonds is 7. The fourth-order valence-corrected chi connectivity index (χ4v) is 4.23. The van der Waals surface area contributed by atoms with Gasteiger partial charge in [-0.1, -0.05) is 30.3 Å². The first kappa shape index (κ1) is 27.1. The van der Waals surface area contributed by atoms with Crippen LogP contribution in [-0.4, -0.2) is 49.6 Å². The number of amides is 1. The van der Waals surface area contributed by atoms with Crippen molar-refractivity contribution in [1.29, 1.82) is 0 Å². The molecular weight excluding hydrogens is 509 g/mol. The Morgan fingerprint density at radius 3 is 2.05 bits per heavy atom. The van der Waals surface area contributed by atoms with Crippen LogP contribution >= 0.6 is 0 Å². The predicted molar refractivity (Wildman–Crippen MR) is 131 cm³/mol. The Morgan fingerprint density at radius 1 is 0.842 bits per heavy atom. The van der Waals surface area contributed by atoms with E-state index in [0.29, 0.717) is 31.9 Å². The number of halogens is 5. The van der Waals surface area contributed by atoms with Gasteiger partial charge in [0.15, 0.2) is 23.3 Å². The van der Waals surface area contributed by atoms with Gasteiger partial charge < -0.3 is 15.0 Å². The van der Waals surface area contributed by atoms with E-state index in [0.717, 1.165) is 12.1 Å². The van der Waals surface area contributed by atoms with Gasteiger partial charge in [-0.25, -0.2) is 26.7 Å². The maximum Gasteiger partial charge on any atom is 0.338 e. The fourth-order valence-electron chi connectivity index (χ4n) is 4.23. The van der Waals surface area contributed by atoms with E-state index < -0.39 is 46.5 Å². The minimum Gasteiger partial charge on any atom is -0.462 e. The summed E-state index contributed by atoms with van der Waals surface area (Å²) in [6.45, 7) is 4.75. The predicted octanol–water partition coefficient (Wildman–Crippen LogP) is 5.13. The second-order valence-corrected chi connectivity index (χ2v) is 8.60. The lowest BCUT2D eigenvalue weighted by molar-refractivity contribution is 0.0526. The number of carbonyl (C=O) groups excluding carboxylic acids is 2. The van der Waals surface area contributed by atoms with Crippen molar-refractivity contribution in [3.05, 3.63) is 94.3 Å². The first-order valence-electron chi connectivity index (χ1n) is 11.9. The van der Waals surface area contributed by atoms with Gasteiger partial charge >= 0.3 is 5.97 Å². The minimum atomic E-state index is -2.37. The van der Waals surface area contributed by atoms with Crippen molar-refractivity contribution in [3.63, 3.8) is 0 Å². The van der Waals surface area contributed by atoms with Crippen LogP contribution in [0.2, 0.25) is 0 Å². The summed E-state index contributed by atoms with van der Waals surface area (Å²) in [6, 6.07) is 14.1. The summed E-state index contributed by atoms with van der Waals surface area (Å²) in [5, 5.41) is 2.23. The number of benzene rings is 3. The molecule has 1 amide bonds. The average Bonchev–Trinajstić information content (AvgIpc) is 2.92. The lowest BCUT2D eigenvalue weighted by Gasteiger charge is -2.37. The molecule has 6 nitrogen and oxygen atoms in total. The maximum atomic E-state index is 14.3. The number of nitrogens with zero attached hydrogens (tertiary/aromatic N) is 2. The second-order valence-electron chi connectivity index (χ2n) is 8.60. The van der Waals surface area contributed by atoms with Crippen molar-refractivity contribution in [2.24, 2.45) is 0 Å². The molecule has 0 aromatic heterocycles. The molecule has 0 spiro atoms. The van der Waals surface area contributed by atoms with E-state index in [9.17, 15) is 31.5 Å². The summed E-state index contributed by atoms with van der Waals surface area (Å²) >= 11 is 0. The third-order valence-corrected chi connectivity index (χ3v) is 6.15. The quantitative estimate of drug-likeness (QED) is 0.198. The Balaban J connectivity index is 1.61. The standard InChI is InChI=1S/C27H24F5N3O3/c1-2-38-27(37)17-8-9-19(35-12-10-34(11-13-35)15-16-6-4-3-5-7-16)18(14-17)33-26(36)20-21(28)23(30)25(32)24(31)22(20)29/h3-9,14H,2,10-13,15H2,1H3,(H,33,36). The molecule has 1 N–H and O–H groups in total. The molecule has 38 heavy (non-hydrogen) atoms. The zero-order chi connectivity index (χ0) is 27.4. The lowest BCUT2D eigenvalue weighted by Crippen LogP contribution is -2.46. The zero-order valence-corrected chi connectivity index (χ0v) is 20.4. The molecule has 3 aromatic carbocycles. The van der Waals surface area contributed by atoms with Crippen LogP contribution in [0.15, 0.2) is 48.5 Å². The third kappa shape index (κ3) is 5.62. The van der Waals surface area contributed by atoms with Crippen LogP contribution in [0.3, 0.4) is 0 Å². The Bertz CT molecular complexity index is 1320. The summed E-state index contributed by atoms with van der Waals surface area (Å²) in [4.78, 5) is 29.2. The second kappa shape index (κ2) is 11.6. The van der Waals surface area contributed by atoms with E-state index in [4.69, 9.17) is 4.74 Å². The lowest BCUT2D eigenvalue weighted by atomic mass is 10.1. The van der Waals surface area contributed by atoms with E-state index in [-0.39, 0.29) is 17.9 Å². The van der Waals surface area contributed by atoms with Crippen LogP contribution in [0.4, 0.5) is 33.3 Å². The first-order valence-corrected chi connectivity index (χ1v) is 11.9. The van der Waals surface area contributed by atoms with Crippen LogP contribution in [0, 0.1) is 29.1 Å². The molecule has 1 aliphatic heterocycles. The Hall–Kier alpha value is -3.99. The van der Waals surface area contributed by atoms with Crippen molar-refractivity contribution in [1.82, 2.24) is 4.90 Å². The van der Waals surface area contributed by atoms with Crippen LogP contribution in [-0.2, 0) is 11.3 Å². The van der Waals surface area contributed by atoms with Gasteiger partial charge in [0.2, 0.25) is 5.82 Å². The molecule has 1 fully saturated rings. The van der Waals surface area contributed by atoms with E-state index in [2.05, 4.69) is 10.2 Å². The Morgan fingerprint density at radius 2 is 1.45 bits per heavy atom. The molecule has 0 unspecified atom stereocenters. The molecule has 0 aliphatic carbocycles. The van der Waals surface area contributed by atoms with E-state index in [1.165, 1.54) is 18.2 Å². The molecule has 0 bridgehead atoms. The summed E-state index contributed by atoms with van der Waals surface area (Å²) in [6.07, 6.45) is 0. The van der Waals surface area contributed by atoms with Gasteiger partial charge in [0, 0.05) is 32.7 Å². The molecule has 1 saturated heterocycles. The van der Waals surface area contributed by atoms with E-state index >= 15 is 0 Å². The van der Waals surface area contributed by atoms with Crippen molar-refractivity contribution < 1.29 is 36.3 Å². The minimum absolute atomic E-state index is 0.0334. The van der Waals surface area contributed by atoms with Gasteiger partial charge in [0.05, 0.1) is 23.5 Å². The summed E-state index contributed by atoms with van der Waals surface area (Å²) in [5.74, 6) is -13.6. The highest BCUT2D eigenvalue weighted by molar-refractivity contribution is 6.07. The van der Waals surface area contributed by atoms with Crippen LogP contribution in [0.25, 0.3) is 0 Å². The highest BCUT2D eigenvalue weighted by atomic mass is 19.2. The Labute approximate surface area is 215 Å². The van der Waals surface area contributed by atoms with Gasteiger partial charge in [-0.3, -0.25) is 9.69 Å². The number of esters is 1. The summed E-state index contributed by atoms with van der Waals surface area (Å²) in [5.41, 5.74) is -0.0706. The number of piperazine rings is 1. The number of nitrogens with one attached hydrogen (secondary N) is 1. The Kier molecular flexibility index (Phi) is 8.26. The van der Waals surface area contributed by atoms with Gasteiger partial charge in [-0.15, -0.1) is 0 Å². The number of anilines is 2. The molecule has 11 heteroatoms. The molecular formula is C27H24F5N3O3. The number of hydrogen-bond acceptors (Lipinski definition) is 5. The molecule has 1 heterocycles. The van der Waals surface area contributed by atoms with Gasteiger partial charge in [0.1, 0.15) is 5.56 Å². The number of hydrogen-bond donors (Lipinski definition) is 1. The molecule has 3 aromatic rings. The third-order valence-electron chi connectivity index (χ3n) is 6.15. The molecule has 200 valence electrons. The molecule has 0 radical (unpaired) electrons. The molecule has 1 aliphatic rings. The average molecular weight is 533 g/mol. The van der Waals surface area contributed by atoms with Gasteiger partial charge in [-0.2, -0.15) is 0 Å². The SMILES string of the molecule is CCOC(=O)c1ccc(N2CCN(Cc3ccccc3)CC2)c(NC(=O)c2c(F)c(F)c(F)c(F)c2F)c1. The summed E-state index contributed by atoms with van der Waals surface area (Å²) in [7, 11) is 0. The van der Waals surface area contributed by atoms with Crippen LogP contribution < -0.4 is 10.2 Å². The molecule has 0 atom stereocenters. The van der Waals surface area contributed by atoms with Crippen molar-refractivity contribution in [2.75, 3.05) is 43.0 Å². The van der Waals surface area contributed by atoms with Crippen LogP contribution in [0.5, 0.6) is 0 Å². The van der Waals surface area contributed by atoms with Crippen molar-refractivity contribution in [3.8, 4) is 0 Å². The van der Waals surface area contributed by atoms with E-state index in [1.807, 2.05) is 35.2 Å². The van der Waals surface area contributed by atoms with E-state index in [1.54, 1.807) is 6.92 Å². The molecule has 4 rings (SSSR count). The first-order chi connectivity index (χ1) is 18.2. The van der Waals surface area contributed by atoms with Gasteiger partial charge in [-0.05, 0) is 30.7 Å². The fraction of sp³-hybridized carbons (Fsp3) is 0.259. The van der Waals surface area contributed by atoms with Crippen molar-refractivity contribution in [2.45, 2.75) is 13.5 Å². The topological polar surface area (TPSA) is 61.9 Å². The zero-order valence-electron chi connectivity index (χ0n) is 20.4. The van der Waals surface area contributed by atoms with Crippen molar-refractivity contribution >= 4 is 23.3 Å². The summed E-state index contributed by atoms with van der Waals surface area (Å²) < 4.78 is 74.4. The molecule has 0 saturated carbocycles. The van der Waals surface area contributed by atoms with Gasteiger partial charge in [0.25, 0.3) is 5.91 Å². The highest BCUT2D eigenvalue weighted by Gasteiger charge is 2.31. The maximum absolute atomic E-state index is 14.3.